The topological polar surface area (TPSA) is 97.7 Å². The third-order valence-corrected chi connectivity index (χ3v) is 5.25. The van der Waals surface area contributed by atoms with E-state index >= 15 is 0 Å². The summed E-state index contributed by atoms with van der Waals surface area (Å²) in [5.74, 6) is 0.477. The first-order valence-corrected chi connectivity index (χ1v) is 9.25. The number of oxime groups is 1. The van der Waals surface area contributed by atoms with Gasteiger partial charge in [0.1, 0.15) is 0 Å². The van der Waals surface area contributed by atoms with Crippen LogP contribution >= 0.6 is 0 Å². The average Bonchev–Trinajstić information content (AvgIpc) is 2.68. The Morgan fingerprint density at radius 1 is 1.14 bits per heavy atom. The number of hydrogen-bond donors (Lipinski definition) is 1. The number of carbonyl (C=O) groups excluding carboxylic acids is 2. The molecule has 1 aromatic carbocycles. The van der Waals surface area contributed by atoms with Gasteiger partial charge >= 0.3 is 5.97 Å². The van der Waals surface area contributed by atoms with Crippen LogP contribution in [-0.2, 0) is 9.59 Å². The van der Waals surface area contributed by atoms with Crippen LogP contribution in [0.3, 0.4) is 0 Å². The lowest BCUT2D eigenvalue weighted by atomic mass is 9.80. The fourth-order valence-corrected chi connectivity index (χ4v) is 3.67. The van der Waals surface area contributed by atoms with Crippen LogP contribution in [0.15, 0.2) is 17.3 Å². The van der Waals surface area contributed by atoms with Crippen molar-refractivity contribution >= 4 is 17.6 Å². The Balaban J connectivity index is 2.38. The summed E-state index contributed by atoms with van der Waals surface area (Å²) in [4.78, 5) is 25.0. The number of rotatable bonds is 6. The number of ether oxygens (including phenoxy) is 3. The zero-order valence-electron chi connectivity index (χ0n) is 17.0. The van der Waals surface area contributed by atoms with E-state index in [1.54, 1.807) is 19.1 Å². The summed E-state index contributed by atoms with van der Waals surface area (Å²) in [6, 6.07) is 3.37. The highest BCUT2D eigenvalue weighted by Gasteiger charge is 2.31. The second-order valence-corrected chi connectivity index (χ2v) is 6.89. The van der Waals surface area contributed by atoms with Gasteiger partial charge in [0, 0.05) is 38.4 Å². The number of benzene rings is 1. The summed E-state index contributed by atoms with van der Waals surface area (Å²) in [6.07, 6.45) is 1.60. The zero-order valence-corrected chi connectivity index (χ0v) is 17.0. The molecule has 1 fully saturated rings. The molecule has 8 heteroatoms. The van der Waals surface area contributed by atoms with Gasteiger partial charge in [0.2, 0.25) is 11.7 Å². The monoisotopic (exact) mass is 392 g/mol. The molecule has 154 valence electrons. The van der Waals surface area contributed by atoms with E-state index in [0.29, 0.717) is 30.1 Å². The first-order valence-electron chi connectivity index (χ1n) is 9.25. The van der Waals surface area contributed by atoms with Gasteiger partial charge in [-0.05, 0) is 30.9 Å². The number of methoxy groups -OCH3 is 2. The van der Waals surface area contributed by atoms with Crippen LogP contribution in [0.2, 0.25) is 0 Å². The molecule has 0 saturated carbocycles. The fourth-order valence-electron chi connectivity index (χ4n) is 3.67. The van der Waals surface area contributed by atoms with Crippen molar-refractivity contribution in [2.45, 2.75) is 33.6 Å². The van der Waals surface area contributed by atoms with Crippen LogP contribution < -0.4 is 14.2 Å². The second kappa shape index (κ2) is 9.43. The summed E-state index contributed by atoms with van der Waals surface area (Å²) < 4.78 is 16.1. The van der Waals surface area contributed by atoms with Crippen LogP contribution in [0.25, 0.3) is 0 Å². The molecule has 1 N–H and O–H groups in total. The standard InChI is InChI=1S/C20H28N2O6/c1-12(15-8-10-22(11-9-15)13(2)23)18(21-25)16-6-7-17(26-4)20(27-5)19(16)28-14(3)24/h6-7,12,15,25H,8-11H2,1-5H3. The molecular formula is C20H28N2O6. The van der Waals surface area contributed by atoms with Gasteiger partial charge in [0.15, 0.2) is 11.5 Å². The summed E-state index contributed by atoms with van der Waals surface area (Å²) in [5.41, 5.74) is 0.871. The van der Waals surface area contributed by atoms with Crippen molar-refractivity contribution < 1.29 is 29.0 Å². The van der Waals surface area contributed by atoms with Gasteiger partial charge in [-0.2, -0.15) is 0 Å². The Morgan fingerprint density at radius 3 is 2.25 bits per heavy atom. The van der Waals surface area contributed by atoms with Crippen LogP contribution in [0.4, 0.5) is 0 Å². The number of esters is 1. The minimum Gasteiger partial charge on any atom is -0.493 e. The Kier molecular flexibility index (Phi) is 7.25. The van der Waals surface area contributed by atoms with Gasteiger partial charge in [0.05, 0.1) is 19.9 Å². The summed E-state index contributed by atoms with van der Waals surface area (Å²) in [5, 5.41) is 13.3. The number of nitrogens with zero attached hydrogens (tertiary/aromatic N) is 2. The quantitative estimate of drug-likeness (QED) is 0.263. The van der Waals surface area contributed by atoms with Crippen LogP contribution in [-0.4, -0.2) is 55.0 Å². The van der Waals surface area contributed by atoms with Gasteiger partial charge < -0.3 is 24.3 Å². The van der Waals surface area contributed by atoms with Crippen molar-refractivity contribution in [1.82, 2.24) is 4.90 Å². The largest absolute Gasteiger partial charge is 0.493 e. The molecular weight excluding hydrogens is 364 g/mol. The van der Waals surface area contributed by atoms with Gasteiger partial charge in [0.25, 0.3) is 0 Å². The lowest BCUT2D eigenvalue weighted by molar-refractivity contribution is -0.132. The van der Waals surface area contributed by atoms with Crippen molar-refractivity contribution in [2.75, 3.05) is 27.3 Å². The predicted octanol–water partition coefficient (Wildman–Crippen LogP) is 2.70. The molecule has 1 heterocycles. The van der Waals surface area contributed by atoms with Crippen LogP contribution in [0.1, 0.15) is 39.2 Å². The van der Waals surface area contributed by atoms with Gasteiger partial charge in [-0.15, -0.1) is 0 Å². The van der Waals surface area contributed by atoms with Crippen molar-refractivity contribution in [3.05, 3.63) is 17.7 Å². The Labute approximate surface area is 165 Å². The van der Waals surface area contributed by atoms with E-state index in [1.807, 2.05) is 11.8 Å². The molecule has 2 rings (SSSR count). The highest BCUT2D eigenvalue weighted by atomic mass is 16.6. The predicted molar refractivity (Wildman–Crippen MR) is 103 cm³/mol. The molecule has 28 heavy (non-hydrogen) atoms. The highest BCUT2D eigenvalue weighted by molar-refractivity contribution is 6.05. The molecule has 1 aliphatic heterocycles. The van der Waals surface area contributed by atoms with E-state index in [0.717, 1.165) is 12.8 Å². The number of amides is 1. The second-order valence-electron chi connectivity index (χ2n) is 6.89. The van der Waals surface area contributed by atoms with E-state index in [1.165, 1.54) is 21.1 Å². The molecule has 1 aromatic rings. The molecule has 0 aromatic heterocycles. The smallest absolute Gasteiger partial charge is 0.308 e. The third-order valence-electron chi connectivity index (χ3n) is 5.25. The minimum absolute atomic E-state index is 0.0687. The van der Waals surface area contributed by atoms with Gasteiger partial charge in [-0.3, -0.25) is 9.59 Å². The summed E-state index contributed by atoms with van der Waals surface area (Å²) in [6.45, 7) is 6.17. The van der Waals surface area contributed by atoms with Gasteiger partial charge in [-0.1, -0.05) is 12.1 Å². The molecule has 1 amide bonds. The molecule has 0 spiro atoms. The normalized spacial score (nSPS) is 16.5. The molecule has 1 atom stereocenters. The number of carbonyl (C=O) groups is 2. The average molecular weight is 392 g/mol. The third kappa shape index (κ3) is 4.55. The number of piperidine rings is 1. The molecule has 8 nitrogen and oxygen atoms in total. The van der Waals surface area contributed by atoms with E-state index in [4.69, 9.17) is 14.2 Å². The SMILES string of the molecule is COc1ccc(C(=NO)C(C)C2CCN(C(C)=O)CC2)c(OC(C)=O)c1OC. The van der Waals surface area contributed by atoms with E-state index < -0.39 is 5.97 Å². The van der Waals surface area contributed by atoms with Gasteiger partial charge in [-0.25, -0.2) is 0 Å². The first-order chi connectivity index (χ1) is 13.3. The Bertz CT molecular complexity index is 753. The highest BCUT2D eigenvalue weighted by Crippen LogP contribution is 2.42. The van der Waals surface area contributed by atoms with Crippen molar-refractivity contribution in [2.24, 2.45) is 17.0 Å². The van der Waals surface area contributed by atoms with Crippen molar-refractivity contribution in [1.29, 1.82) is 0 Å². The zero-order chi connectivity index (χ0) is 20.8. The maximum absolute atomic E-state index is 11.7. The maximum atomic E-state index is 11.7. The molecule has 0 bridgehead atoms. The van der Waals surface area contributed by atoms with Crippen molar-refractivity contribution in [3.8, 4) is 17.2 Å². The molecule has 1 aliphatic rings. The molecule has 1 unspecified atom stereocenters. The Morgan fingerprint density at radius 2 is 1.79 bits per heavy atom. The minimum atomic E-state index is -0.521. The number of likely N-dealkylation sites (tertiary alicyclic amines) is 1. The molecule has 1 saturated heterocycles. The number of hydrogen-bond acceptors (Lipinski definition) is 7. The molecule has 0 aliphatic carbocycles. The van der Waals surface area contributed by atoms with E-state index in [2.05, 4.69) is 5.16 Å². The van der Waals surface area contributed by atoms with Crippen LogP contribution in [0.5, 0.6) is 17.2 Å². The lowest BCUT2D eigenvalue weighted by Crippen LogP contribution is -2.39. The molecule has 0 radical (unpaired) electrons. The summed E-state index contributed by atoms with van der Waals surface area (Å²) in [7, 11) is 2.94. The first kappa shape index (κ1) is 21.5. The van der Waals surface area contributed by atoms with Crippen molar-refractivity contribution in [3.63, 3.8) is 0 Å². The van der Waals surface area contributed by atoms with Crippen LogP contribution in [0, 0.1) is 11.8 Å². The summed E-state index contributed by atoms with van der Waals surface area (Å²) >= 11 is 0. The Hall–Kier alpha value is -2.77. The lowest BCUT2D eigenvalue weighted by Gasteiger charge is -2.34. The maximum Gasteiger partial charge on any atom is 0.308 e. The van der Waals surface area contributed by atoms with E-state index in [9.17, 15) is 14.8 Å². The fraction of sp³-hybridized carbons (Fsp3) is 0.550. The van der Waals surface area contributed by atoms with E-state index in [-0.39, 0.29) is 29.2 Å².